The lowest BCUT2D eigenvalue weighted by atomic mass is 10.1. The number of anilines is 2. The van der Waals surface area contributed by atoms with Crippen LogP contribution in [-0.4, -0.2) is 5.71 Å². The summed E-state index contributed by atoms with van der Waals surface area (Å²) in [5, 5.41) is 6.94. The Bertz CT molecular complexity index is 832. The Balaban J connectivity index is 2.03. The van der Waals surface area contributed by atoms with Crippen molar-refractivity contribution in [2.24, 2.45) is 5.10 Å². The Morgan fingerprint density at radius 3 is 1.92 bits per heavy atom. The third-order valence-corrected chi connectivity index (χ3v) is 4.31. The van der Waals surface area contributed by atoms with Crippen LogP contribution in [0, 0.1) is 6.92 Å². The first-order valence-corrected chi connectivity index (χ1v) is 8.73. The van der Waals surface area contributed by atoms with Gasteiger partial charge in [0.1, 0.15) is 0 Å². The van der Waals surface area contributed by atoms with Crippen LogP contribution >= 0.6 is 0 Å². The topological polar surface area (TPSA) is 15.6 Å². The highest BCUT2D eigenvalue weighted by atomic mass is 15.5. The molecule has 2 heteroatoms. The van der Waals surface area contributed by atoms with E-state index < -0.39 is 0 Å². The van der Waals surface area contributed by atoms with Crippen molar-refractivity contribution in [3.05, 3.63) is 95.6 Å². The quantitative estimate of drug-likeness (QED) is 0.407. The van der Waals surface area contributed by atoms with Gasteiger partial charge in [-0.05, 0) is 55.7 Å². The fourth-order valence-corrected chi connectivity index (χ4v) is 2.71. The van der Waals surface area contributed by atoms with Gasteiger partial charge in [-0.3, -0.25) is 0 Å². The summed E-state index contributed by atoms with van der Waals surface area (Å²) < 4.78 is 0. The molecule has 0 unspecified atom stereocenters. The molecule has 0 aliphatic heterocycles. The minimum absolute atomic E-state index is 0.987. The molecule has 0 N–H and O–H groups in total. The second kappa shape index (κ2) is 7.80. The molecule has 0 amide bonds. The van der Waals surface area contributed by atoms with E-state index in [1.165, 1.54) is 11.1 Å². The van der Waals surface area contributed by atoms with Crippen molar-refractivity contribution >= 4 is 17.1 Å². The molecule has 0 fully saturated rings. The van der Waals surface area contributed by atoms with E-state index in [0.29, 0.717) is 0 Å². The standard InChI is InChI=1S/C23H24N2/c1-4-20-12-16-23(17-13-20)25(22-14-10-18(2)11-15-22)24-19(3)21-8-6-5-7-9-21/h5-17H,4H2,1-3H3/b24-19+. The minimum Gasteiger partial charge on any atom is -0.234 e. The van der Waals surface area contributed by atoms with Crippen molar-refractivity contribution in [1.29, 1.82) is 0 Å². The largest absolute Gasteiger partial charge is 0.234 e. The van der Waals surface area contributed by atoms with E-state index in [1.54, 1.807) is 0 Å². The minimum atomic E-state index is 0.987. The van der Waals surface area contributed by atoms with E-state index in [-0.39, 0.29) is 0 Å². The zero-order valence-electron chi connectivity index (χ0n) is 15.1. The molecular weight excluding hydrogens is 304 g/mol. The Morgan fingerprint density at radius 1 is 0.800 bits per heavy atom. The third kappa shape index (κ3) is 4.16. The fourth-order valence-electron chi connectivity index (χ4n) is 2.71. The molecule has 0 atom stereocenters. The summed E-state index contributed by atoms with van der Waals surface area (Å²) in [4.78, 5) is 0. The molecule has 3 aromatic rings. The highest BCUT2D eigenvalue weighted by Crippen LogP contribution is 2.27. The van der Waals surface area contributed by atoms with Gasteiger partial charge in [0.15, 0.2) is 0 Å². The van der Waals surface area contributed by atoms with Crippen LogP contribution in [0.4, 0.5) is 11.4 Å². The predicted molar refractivity (Wildman–Crippen MR) is 108 cm³/mol. The second-order valence-electron chi connectivity index (χ2n) is 6.22. The summed E-state index contributed by atoms with van der Waals surface area (Å²) in [5.41, 5.74) is 6.82. The SMILES string of the molecule is CCc1ccc(N(/N=C(\C)c2ccccc2)c2ccc(C)cc2)cc1. The van der Waals surface area contributed by atoms with Crippen LogP contribution in [0.3, 0.4) is 0 Å². The van der Waals surface area contributed by atoms with Crippen LogP contribution in [0.2, 0.25) is 0 Å². The maximum Gasteiger partial charge on any atom is 0.0655 e. The highest BCUT2D eigenvalue weighted by molar-refractivity contribution is 5.99. The van der Waals surface area contributed by atoms with Gasteiger partial charge >= 0.3 is 0 Å². The number of rotatable bonds is 5. The van der Waals surface area contributed by atoms with E-state index in [9.17, 15) is 0 Å². The molecule has 0 bridgehead atoms. The summed E-state index contributed by atoms with van der Waals surface area (Å²) >= 11 is 0. The lowest BCUT2D eigenvalue weighted by Gasteiger charge is -2.21. The van der Waals surface area contributed by atoms with Gasteiger partial charge in [0.25, 0.3) is 0 Å². The molecule has 0 aliphatic rings. The smallest absolute Gasteiger partial charge is 0.0655 e. The molecular formula is C23H24N2. The lowest BCUT2D eigenvalue weighted by Crippen LogP contribution is -2.12. The molecule has 0 saturated carbocycles. The fraction of sp³-hybridized carbons (Fsp3) is 0.174. The van der Waals surface area contributed by atoms with Gasteiger partial charge in [-0.15, -0.1) is 0 Å². The zero-order chi connectivity index (χ0) is 17.6. The van der Waals surface area contributed by atoms with Crippen molar-refractivity contribution in [3.63, 3.8) is 0 Å². The molecule has 2 nitrogen and oxygen atoms in total. The molecule has 25 heavy (non-hydrogen) atoms. The first-order chi connectivity index (χ1) is 12.2. The maximum atomic E-state index is 4.92. The first-order valence-electron chi connectivity index (χ1n) is 8.73. The summed E-state index contributed by atoms with van der Waals surface area (Å²) in [7, 11) is 0. The number of hydrazone groups is 1. The van der Waals surface area contributed by atoms with E-state index in [4.69, 9.17) is 5.10 Å². The van der Waals surface area contributed by atoms with Gasteiger partial charge in [-0.1, -0.05) is 67.1 Å². The molecule has 0 spiro atoms. The van der Waals surface area contributed by atoms with Crippen LogP contribution in [-0.2, 0) is 6.42 Å². The van der Waals surface area contributed by atoms with Gasteiger partial charge in [-0.25, -0.2) is 5.01 Å². The third-order valence-electron chi connectivity index (χ3n) is 4.31. The lowest BCUT2D eigenvalue weighted by molar-refractivity contribution is 1.07. The molecule has 0 heterocycles. The number of nitrogens with zero attached hydrogens (tertiary/aromatic N) is 2. The summed E-state index contributed by atoms with van der Waals surface area (Å²) in [6, 6.07) is 27.4. The normalized spacial score (nSPS) is 11.4. The average molecular weight is 328 g/mol. The van der Waals surface area contributed by atoms with E-state index >= 15 is 0 Å². The van der Waals surface area contributed by atoms with Crippen LogP contribution in [0.25, 0.3) is 0 Å². The van der Waals surface area contributed by atoms with Crippen molar-refractivity contribution in [2.75, 3.05) is 5.01 Å². The molecule has 0 radical (unpaired) electrons. The van der Waals surface area contributed by atoms with Gasteiger partial charge in [0.05, 0.1) is 17.1 Å². The zero-order valence-corrected chi connectivity index (χ0v) is 15.1. The average Bonchev–Trinajstić information content (AvgIpc) is 2.67. The van der Waals surface area contributed by atoms with Crippen LogP contribution < -0.4 is 5.01 Å². The van der Waals surface area contributed by atoms with Gasteiger partial charge in [0, 0.05) is 0 Å². The van der Waals surface area contributed by atoms with Crippen LogP contribution in [0.15, 0.2) is 84.0 Å². The van der Waals surface area contributed by atoms with Crippen molar-refractivity contribution in [2.45, 2.75) is 27.2 Å². The first kappa shape index (κ1) is 17.0. The van der Waals surface area contributed by atoms with Crippen molar-refractivity contribution < 1.29 is 0 Å². The summed E-state index contributed by atoms with van der Waals surface area (Å²) in [6.07, 6.45) is 1.04. The monoisotopic (exact) mass is 328 g/mol. The van der Waals surface area contributed by atoms with Crippen LogP contribution in [0.1, 0.15) is 30.5 Å². The highest BCUT2D eigenvalue weighted by Gasteiger charge is 2.09. The van der Waals surface area contributed by atoms with Crippen LogP contribution in [0.5, 0.6) is 0 Å². The molecule has 126 valence electrons. The van der Waals surface area contributed by atoms with Crippen molar-refractivity contribution in [3.8, 4) is 0 Å². The Kier molecular flexibility index (Phi) is 5.30. The Morgan fingerprint density at radius 2 is 1.36 bits per heavy atom. The van der Waals surface area contributed by atoms with E-state index in [2.05, 4.69) is 81.4 Å². The summed E-state index contributed by atoms with van der Waals surface area (Å²) in [6.45, 7) is 6.32. The Hall–Kier alpha value is -2.87. The number of hydrogen-bond acceptors (Lipinski definition) is 2. The molecule has 3 aromatic carbocycles. The van der Waals surface area contributed by atoms with E-state index in [0.717, 1.165) is 29.1 Å². The number of aryl methyl sites for hydroxylation is 2. The van der Waals surface area contributed by atoms with Gasteiger partial charge < -0.3 is 0 Å². The molecule has 0 aliphatic carbocycles. The second-order valence-corrected chi connectivity index (χ2v) is 6.22. The van der Waals surface area contributed by atoms with Crippen molar-refractivity contribution in [1.82, 2.24) is 0 Å². The molecule has 0 saturated heterocycles. The predicted octanol–water partition coefficient (Wildman–Crippen LogP) is 6.12. The number of hydrogen-bond donors (Lipinski definition) is 0. The molecule has 0 aromatic heterocycles. The summed E-state index contributed by atoms with van der Waals surface area (Å²) in [5.74, 6) is 0. The Labute approximate surface area is 150 Å². The van der Waals surface area contributed by atoms with Gasteiger partial charge in [0.2, 0.25) is 0 Å². The van der Waals surface area contributed by atoms with E-state index in [1.807, 2.05) is 23.2 Å². The molecule has 3 rings (SSSR count). The van der Waals surface area contributed by atoms with Gasteiger partial charge in [-0.2, -0.15) is 5.10 Å². The number of benzene rings is 3. The maximum absolute atomic E-state index is 4.92.